The molecule has 0 saturated carbocycles. The van der Waals surface area contributed by atoms with Gasteiger partial charge in [-0.25, -0.2) is 0 Å². The van der Waals surface area contributed by atoms with E-state index in [2.05, 4.69) is 53.4 Å². The van der Waals surface area contributed by atoms with Crippen LogP contribution >= 0.6 is 15.9 Å². The fourth-order valence-electron chi connectivity index (χ4n) is 7.02. The first-order valence-electron chi connectivity index (χ1n) is 14.6. The summed E-state index contributed by atoms with van der Waals surface area (Å²) in [5, 5.41) is 23.7. The van der Waals surface area contributed by atoms with E-state index in [4.69, 9.17) is 9.47 Å². The standard InChI is InChI=1S/C33H39BrN2O6Si/c1-20-30(43(4,5)26-12-10-25(41-3)11-13-26)29(15-16-37)42-33(20)27-18-23(34)9-14-28(27)36(32(33)40)19-22-7-6-8-24(17-22)35-31(39)21(2)38/h6-14,17-18,20-21,29-30,37-38H,15-16,19H2,1-5H3,(H,35,39)/t20-,21+,29+,30-,33+/m1/s1. The fourth-order valence-corrected chi connectivity index (χ4v) is 11.4. The number of amides is 2. The second-order valence-electron chi connectivity index (χ2n) is 12.1. The summed E-state index contributed by atoms with van der Waals surface area (Å²) < 4.78 is 13.2. The van der Waals surface area contributed by atoms with E-state index in [0.717, 1.165) is 27.0 Å². The number of nitrogens with one attached hydrogen (secondary N) is 1. The number of hydrogen-bond acceptors (Lipinski definition) is 6. The lowest BCUT2D eigenvalue weighted by atomic mass is 9.82. The van der Waals surface area contributed by atoms with E-state index in [9.17, 15) is 19.8 Å². The van der Waals surface area contributed by atoms with Gasteiger partial charge in [0.2, 0.25) is 0 Å². The summed E-state index contributed by atoms with van der Waals surface area (Å²) in [6, 6.07) is 21.3. The molecule has 5 atom stereocenters. The number of rotatable bonds is 9. The van der Waals surface area contributed by atoms with Gasteiger partial charge in [0.1, 0.15) is 11.9 Å². The molecule has 0 bridgehead atoms. The van der Waals surface area contributed by atoms with Crippen molar-refractivity contribution in [2.45, 2.75) is 63.3 Å². The zero-order chi connectivity index (χ0) is 31.1. The van der Waals surface area contributed by atoms with Crippen LogP contribution in [-0.2, 0) is 26.5 Å². The average Bonchev–Trinajstić information content (AvgIpc) is 3.40. The summed E-state index contributed by atoms with van der Waals surface area (Å²) in [7, 11) is -0.614. The Morgan fingerprint density at radius 3 is 2.53 bits per heavy atom. The second kappa shape index (κ2) is 12.2. The number of methoxy groups -OCH3 is 1. The summed E-state index contributed by atoms with van der Waals surface area (Å²) in [5.74, 6) is -0.00425. The first kappa shape index (κ1) is 31.4. The van der Waals surface area contributed by atoms with Gasteiger partial charge in [-0.3, -0.25) is 9.59 Å². The second-order valence-corrected chi connectivity index (χ2v) is 17.7. The van der Waals surface area contributed by atoms with Gasteiger partial charge in [0.05, 0.1) is 33.5 Å². The number of fused-ring (bicyclic) bond motifs is 2. The molecular formula is C33H39BrN2O6Si. The Kier molecular flexibility index (Phi) is 8.88. The predicted molar refractivity (Wildman–Crippen MR) is 173 cm³/mol. The van der Waals surface area contributed by atoms with Crippen LogP contribution in [0.5, 0.6) is 5.75 Å². The fraction of sp³-hybridized carbons (Fsp3) is 0.394. The monoisotopic (exact) mass is 666 g/mol. The highest BCUT2D eigenvalue weighted by atomic mass is 79.9. The van der Waals surface area contributed by atoms with Gasteiger partial charge in [-0.05, 0) is 66.9 Å². The van der Waals surface area contributed by atoms with E-state index in [1.54, 1.807) is 18.1 Å². The Morgan fingerprint density at radius 1 is 1.16 bits per heavy atom. The van der Waals surface area contributed by atoms with Crippen LogP contribution in [0.2, 0.25) is 18.6 Å². The SMILES string of the molecule is COc1ccc([Si](C)(C)[C@H]2[C@H](CCO)O[C@@]3(C(=O)N(Cc4cccc(NC(=O)[C@H](C)O)c4)c4ccc(Br)cc43)[C@@H]2C)cc1. The highest BCUT2D eigenvalue weighted by molar-refractivity contribution is 9.10. The lowest BCUT2D eigenvalue weighted by Gasteiger charge is -2.37. The molecule has 43 heavy (non-hydrogen) atoms. The molecule has 228 valence electrons. The predicted octanol–water partition coefficient (Wildman–Crippen LogP) is 4.92. The molecular weight excluding hydrogens is 628 g/mol. The van der Waals surface area contributed by atoms with Crippen LogP contribution in [-0.4, -0.2) is 56.0 Å². The maximum absolute atomic E-state index is 14.7. The molecule has 10 heteroatoms. The van der Waals surface area contributed by atoms with Crippen molar-refractivity contribution in [3.8, 4) is 5.75 Å². The molecule has 3 aromatic rings. The Labute approximate surface area is 262 Å². The number of nitrogens with zero attached hydrogens (tertiary/aromatic N) is 1. The minimum Gasteiger partial charge on any atom is -0.497 e. The topological polar surface area (TPSA) is 108 Å². The van der Waals surface area contributed by atoms with Crippen LogP contribution in [0, 0.1) is 5.92 Å². The third-order valence-corrected chi connectivity index (χ3v) is 14.0. The van der Waals surface area contributed by atoms with E-state index < -0.39 is 25.7 Å². The zero-order valence-corrected chi connectivity index (χ0v) is 27.7. The molecule has 1 spiro atoms. The molecule has 3 aromatic carbocycles. The van der Waals surface area contributed by atoms with Gasteiger partial charge in [0.25, 0.3) is 11.8 Å². The molecule has 8 nitrogen and oxygen atoms in total. The van der Waals surface area contributed by atoms with Crippen molar-refractivity contribution in [3.05, 3.63) is 82.3 Å². The molecule has 5 rings (SSSR count). The molecule has 3 N–H and O–H groups in total. The van der Waals surface area contributed by atoms with Gasteiger partial charge in [-0.1, -0.05) is 65.4 Å². The lowest BCUT2D eigenvalue weighted by Crippen LogP contribution is -2.51. The van der Waals surface area contributed by atoms with Crippen molar-refractivity contribution in [1.82, 2.24) is 0 Å². The summed E-state index contributed by atoms with van der Waals surface area (Å²) in [6.45, 7) is 8.40. The molecule has 0 aliphatic carbocycles. The van der Waals surface area contributed by atoms with E-state index in [-0.39, 0.29) is 36.6 Å². The number of carbonyl (C=O) groups excluding carboxylic acids is 2. The van der Waals surface area contributed by atoms with Gasteiger partial charge in [-0.15, -0.1) is 0 Å². The van der Waals surface area contributed by atoms with Gasteiger partial charge in [0.15, 0.2) is 5.60 Å². The lowest BCUT2D eigenvalue weighted by molar-refractivity contribution is -0.146. The third kappa shape index (κ3) is 5.55. The Morgan fingerprint density at radius 2 is 1.88 bits per heavy atom. The van der Waals surface area contributed by atoms with Crippen LogP contribution in [0.25, 0.3) is 0 Å². The van der Waals surface area contributed by atoms with E-state index >= 15 is 0 Å². The van der Waals surface area contributed by atoms with Crippen LogP contribution in [0.1, 0.15) is 31.4 Å². The molecule has 0 aromatic heterocycles. The number of anilines is 2. The van der Waals surface area contributed by atoms with E-state index in [1.807, 2.05) is 48.5 Å². The number of aliphatic hydroxyl groups is 2. The smallest absolute Gasteiger partial charge is 0.264 e. The molecule has 1 saturated heterocycles. The van der Waals surface area contributed by atoms with Crippen molar-refractivity contribution >= 4 is 52.4 Å². The molecule has 2 aliphatic rings. The average molecular weight is 668 g/mol. The first-order valence-corrected chi connectivity index (χ1v) is 18.4. The quantitative estimate of drug-likeness (QED) is 0.280. The summed E-state index contributed by atoms with van der Waals surface area (Å²) in [4.78, 5) is 28.6. The minimum atomic E-state index is -2.27. The maximum Gasteiger partial charge on any atom is 0.264 e. The highest BCUT2D eigenvalue weighted by Gasteiger charge is 2.66. The number of benzene rings is 3. The van der Waals surface area contributed by atoms with Crippen LogP contribution in [0.15, 0.2) is 71.2 Å². The van der Waals surface area contributed by atoms with E-state index in [0.29, 0.717) is 12.1 Å². The number of aliphatic hydroxyl groups excluding tert-OH is 2. The Bertz CT molecular complexity index is 1510. The Balaban J connectivity index is 1.55. The largest absolute Gasteiger partial charge is 0.497 e. The molecule has 1 fully saturated rings. The first-order chi connectivity index (χ1) is 20.4. The Hall–Kier alpha value is -3.02. The maximum atomic E-state index is 14.7. The normalized spacial score (nSPS) is 23.9. The van der Waals surface area contributed by atoms with Crippen LogP contribution in [0.3, 0.4) is 0 Å². The highest BCUT2D eigenvalue weighted by Crippen LogP contribution is 2.60. The molecule has 0 unspecified atom stereocenters. The molecule has 2 aliphatic heterocycles. The van der Waals surface area contributed by atoms with Gasteiger partial charge in [-0.2, -0.15) is 0 Å². The van der Waals surface area contributed by atoms with Crippen molar-refractivity contribution in [1.29, 1.82) is 0 Å². The number of halogens is 1. The third-order valence-electron chi connectivity index (χ3n) is 9.13. The van der Waals surface area contributed by atoms with Crippen molar-refractivity contribution in [3.63, 3.8) is 0 Å². The molecule has 2 heterocycles. The molecule has 2 amide bonds. The van der Waals surface area contributed by atoms with Gasteiger partial charge < -0.3 is 29.9 Å². The zero-order valence-electron chi connectivity index (χ0n) is 25.1. The van der Waals surface area contributed by atoms with Gasteiger partial charge >= 0.3 is 0 Å². The van der Waals surface area contributed by atoms with Gasteiger partial charge in [0, 0.05) is 28.2 Å². The number of carbonyl (C=O) groups is 2. The minimum absolute atomic E-state index is 0.0364. The molecule has 0 radical (unpaired) electrons. The number of hydrogen-bond donors (Lipinski definition) is 3. The van der Waals surface area contributed by atoms with Crippen molar-refractivity contribution in [2.75, 3.05) is 23.9 Å². The van der Waals surface area contributed by atoms with Crippen molar-refractivity contribution < 1.29 is 29.3 Å². The van der Waals surface area contributed by atoms with E-state index in [1.165, 1.54) is 12.1 Å². The number of ether oxygens (including phenoxy) is 2. The van der Waals surface area contributed by atoms with Crippen LogP contribution < -0.4 is 20.1 Å². The summed E-state index contributed by atoms with van der Waals surface area (Å²) >= 11 is 3.63. The summed E-state index contributed by atoms with van der Waals surface area (Å²) in [6.07, 6.45) is -1.01. The summed E-state index contributed by atoms with van der Waals surface area (Å²) in [5.41, 5.74) is 1.81. The van der Waals surface area contributed by atoms with Crippen molar-refractivity contribution in [2.24, 2.45) is 5.92 Å². The van der Waals surface area contributed by atoms with Crippen LogP contribution in [0.4, 0.5) is 11.4 Å².